The molecular formula is C71H110ClF3N12O12. The molecule has 12 amide bonds. The number of piperidine rings is 1. The van der Waals surface area contributed by atoms with Crippen molar-refractivity contribution in [2.75, 3.05) is 81.6 Å². The standard InChI is InChI=1S/C71H110ClF3N12O12/c1-14-45(6)60-68(98)82(10)41-58(90)80(8)42-59(91)84(12)55(38-47-22-17-16-18-23-47)67(97)81(9)40-56(88)76-51(28-26-48-25-27-49(50(72)37-48)71(73,74)75)66(96)87-33-21-24-53(87)63(93)79-70(31-19-20-32-70)69(99)85(13)61(46(7)15-2)64(94)77-52(65(95)86-34-29-44(5)30-35-86)39-57(89)83(11)54(36-43(3)4)62(92)78-60/h25,27,37,43-47,51-55,60-61H,14-24,26,28-36,38-42H2,1-13H3,(H,76,88)(H,77,94)(H,78,92)(H,79,93)/t45-,46-,51-,52-,53-,54-,55-,60-,61-/m0/s1. The topological polar surface area (TPSA) is 279 Å². The van der Waals surface area contributed by atoms with Gasteiger partial charge in [-0.1, -0.05) is 124 Å². The van der Waals surface area contributed by atoms with Gasteiger partial charge in [0, 0.05) is 61.9 Å². The summed E-state index contributed by atoms with van der Waals surface area (Å²) < 4.78 is 41.5. The van der Waals surface area contributed by atoms with E-state index in [-0.39, 0.29) is 63.3 Å². The van der Waals surface area contributed by atoms with Crippen LogP contribution in [-0.2, 0) is 70.1 Å². The zero-order valence-electron chi connectivity index (χ0n) is 60.5. The van der Waals surface area contributed by atoms with Crippen LogP contribution in [0.1, 0.15) is 182 Å². The maximum atomic E-state index is 15.4. The molecule has 2 saturated carbocycles. The van der Waals surface area contributed by atoms with E-state index in [0.29, 0.717) is 69.5 Å². The zero-order chi connectivity index (χ0) is 73.5. The van der Waals surface area contributed by atoms with Crippen molar-refractivity contribution < 1.29 is 70.7 Å². The van der Waals surface area contributed by atoms with Crippen molar-refractivity contribution in [2.45, 2.75) is 231 Å². The van der Waals surface area contributed by atoms with E-state index < -0.39 is 173 Å². The second-order valence-corrected chi connectivity index (χ2v) is 29.8. The SMILES string of the molecule is CC[C@H](C)[C@@H]1NC(=O)[C@H](CC(C)C)N(C)C(=O)C[C@@H](C(=O)N2CCC(C)CC2)NC(=O)[C@H]([C@@H](C)CC)N(C)C(=O)C2(CCCC2)NC(=O)[C@@H]2CCCN2C(=O)[C@H](CCc2ccc(C(F)(F)F)c(Cl)c2)NC(=O)CN(C)C(=O)[C@H](CC2CCCCC2)N(C)C(=O)CN(C)C(=O)CN(C)C1=O. The first-order valence-corrected chi connectivity index (χ1v) is 36.1. The molecule has 1 spiro atoms. The van der Waals surface area contributed by atoms with Crippen LogP contribution in [-0.4, -0.2) is 239 Å². The summed E-state index contributed by atoms with van der Waals surface area (Å²) in [6.07, 6.45) is 2.89. The van der Waals surface area contributed by atoms with E-state index in [1.54, 1.807) is 18.7 Å². The average Bonchev–Trinajstić information content (AvgIpc) is 1.74. The molecule has 6 rings (SSSR count). The van der Waals surface area contributed by atoms with Gasteiger partial charge < -0.3 is 60.5 Å². The number of amides is 12. The van der Waals surface area contributed by atoms with Crippen molar-refractivity contribution in [3.63, 3.8) is 0 Å². The van der Waals surface area contributed by atoms with Gasteiger partial charge in [-0.2, -0.15) is 13.2 Å². The Labute approximate surface area is 587 Å². The summed E-state index contributed by atoms with van der Waals surface area (Å²) in [5.74, 6) is -8.93. The number of likely N-dealkylation sites (N-methyl/N-ethyl adjacent to an activating group) is 6. The predicted molar refractivity (Wildman–Crippen MR) is 366 cm³/mol. The summed E-state index contributed by atoms with van der Waals surface area (Å²) in [6, 6.07) is -5.74. The Morgan fingerprint density at radius 1 is 0.636 bits per heavy atom. The minimum absolute atomic E-state index is 0.0177. The number of fused-ring (bicyclic) bond motifs is 1. The lowest BCUT2D eigenvalue weighted by molar-refractivity contribution is -0.150. The number of likely N-dealkylation sites (tertiary alicyclic amines) is 1. The van der Waals surface area contributed by atoms with Gasteiger partial charge in [-0.3, -0.25) is 57.5 Å². The lowest BCUT2D eigenvalue weighted by Crippen LogP contribution is -2.65. The molecule has 1 aromatic carbocycles. The fourth-order valence-corrected chi connectivity index (χ4v) is 14.9. The molecule has 3 heterocycles. The first-order chi connectivity index (χ1) is 46.5. The molecule has 1 aromatic rings. The average molecular weight is 1420 g/mol. The van der Waals surface area contributed by atoms with Crippen LogP contribution in [0.5, 0.6) is 0 Å². The van der Waals surface area contributed by atoms with Gasteiger partial charge in [-0.05, 0) is 111 Å². The van der Waals surface area contributed by atoms with Gasteiger partial charge in [-0.15, -0.1) is 0 Å². The number of alkyl halides is 3. The zero-order valence-corrected chi connectivity index (χ0v) is 61.3. The number of benzene rings is 1. The molecule has 0 unspecified atom stereocenters. The third kappa shape index (κ3) is 21.0. The lowest BCUT2D eigenvalue weighted by Gasteiger charge is -2.40. The summed E-state index contributed by atoms with van der Waals surface area (Å²) in [6.45, 7) is 12.0. The Balaban J connectivity index is 1.42. The molecule has 24 nitrogen and oxygen atoms in total. The Morgan fingerprint density at radius 2 is 1.24 bits per heavy atom. The fraction of sp³-hybridized carbons (Fsp3) is 0.746. The normalized spacial score (nSPS) is 26.4. The lowest BCUT2D eigenvalue weighted by atomic mass is 9.84. The van der Waals surface area contributed by atoms with E-state index in [9.17, 15) is 51.5 Å². The monoisotopic (exact) mass is 1410 g/mol. The number of carbonyl (C=O) groups is 12. The van der Waals surface area contributed by atoms with Crippen LogP contribution in [0, 0.1) is 29.6 Å². The smallest absolute Gasteiger partial charge is 0.343 e. The Kier molecular flexibility index (Phi) is 29.4. The number of rotatable bonds is 12. The minimum atomic E-state index is -4.76. The van der Waals surface area contributed by atoms with E-state index in [2.05, 4.69) is 28.2 Å². The summed E-state index contributed by atoms with van der Waals surface area (Å²) in [5, 5.41) is 11.0. The predicted octanol–water partition coefficient (Wildman–Crippen LogP) is 5.79. The molecule has 2 aliphatic carbocycles. The number of hydrogen-bond donors (Lipinski definition) is 4. The van der Waals surface area contributed by atoms with E-state index in [4.69, 9.17) is 11.6 Å². The molecule has 3 aliphatic heterocycles. The van der Waals surface area contributed by atoms with E-state index >= 15 is 19.2 Å². The van der Waals surface area contributed by atoms with E-state index in [0.717, 1.165) is 58.9 Å². The van der Waals surface area contributed by atoms with Gasteiger partial charge in [0.05, 0.1) is 36.6 Å². The second kappa shape index (κ2) is 36.0. The number of nitrogens with one attached hydrogen (secondary N) is 4. The molecule has 3 saturated heterocycles. The third-order valence-electron chi connectivity index (χ3n) is 21.4. The largest absolute Gasteiger partial charge is 0.417 e. The molecule has 0 radical (unpaired) electrons. The highest BCUT2D eigenvalue weighted by molar-refractivity contribution is 6.31. The molecule has 5 aliphatic rings. The molecule has 9 atom stereocenters. The molecular weight excluding hydrogens is 1310 g/mol. The van der Waals surface area contributed by atoms with Crippen LogP contribution in [0.15, 0.2) is 18.2 Å². The molecule has 28 heteroatoms. The van der Waals surface area contributed by atoms with Crippen molar-refractivity contribution >= 4 is 82.5 Å². The van der Waals surface area contributed by atoms with Crippen LogP contribution in [0.2, 0.25) is 5.02 Å². The molecule has 5 fully saturated rings. The van der Waals surface area contributed by atoms with Gasteiger partial charge in [0.15, 0.2) is 0 Å². The van der Waals surface area contributed by atoms with Crippen LogP contribution >= 0.6 is 11.6 Å². The maximum Gasteiger partial charge on any atom is 0.417 e. The second-order valence-electron chi connectivity index (χ2n) is 29.4. The van der Waals surface area contributed by atoms with Crippen LogP contribution in [0.3, 0.4) is 0 Å². The van der Waals surface area contributed by atoms with Crippen molar-refractivity contribution in [3.8, 4) is 0 Å². The van der Waals surface area contributed by atoms with Crippen molar-refractivity contribution in [3.05, 3.63) is 34.3 Å². The van der Waals surface area contributed by atoms with Gasteiger partial charge in [-0.25, -0.2) is 0 Å². The van der Waals surface area contributed by atoms with Crippen molar-refractivity contribution in [2.24, 2.45) is 29.6 Å². The van der Waals surface area contributed by atoms with E-state index in [1.165, 1.54) is 68.0 Å². The summed E-state index contributed by atoms with van der Waals surface area (Å²) in [4.78, 5) is 188. The van der Waals surface area contributed by atoms with Gasteiger partial charge in [0.2, 0.25) is 70.9 Å². The van der Waals surface area contributed by atoms with Gasteiger partial charge >= 0.3 is 6.18 Å². The van der Waals surface area contributed by atoms with Crippen LogP contribution in [0.25, 0.3) is 0 Å². The Hall–Kier alpha value is -7.06. The van der Waals surface area contributed by atoms with Crippen LogP contribution < -0.4 is 21.3 Å². The number of hydrogen-bond acceptors (Lipinski definition) is 12. The number of carbonyl (C=O) groups excluding carboxylic acids is 12. The number of aryl methyl sites for hydroxylation is 1. The maximum absolute atomic E-state index is 15.4. The molecule has 0 aromatic heterocycles. The molecule has 99 heavy (non-hydrogen) atoms. The van der Waals surface area contributed by atoms with E-state index in [1.807, 2.05) is 27.7 Å². The van der Waals surface area contributed by atoms with Crippen molar-refractivity contribution in [1.29, 1.82) is 0 Å². The van der Waals surface area contributed by atoms with Crippen LogP contribution in [0.4, 0.5) is 13.2 Å². The first kappa shape index (κ1) is 80.9. The molecule has 0 bridgehead atoms. The quantitative estimate of drug-likeness (QED) is 0.194. The highest BCUT2D eigenvalue weighted by Gasteiger charge is 2.50. The number of halogens is 4. The first-order valence-electron chi connectivity index (χ1n) is 35.7. The third-order valence-corrected chi connectivity index (χ3v) is 21.7. The highest BCUT2D eigenvalue weighted by atomic mass is 35.5. The minimum Gasteiger partial charge on any atom is -0.343 e. The Bertz CT molecular complexity index is 3060. The summed E-state index contributed by atoms with van der Waals surface area (Å²) in [5.41, 5.74) is -2.36. The molecule has 4 N–H and O–H groups in total. The van der Waals surface area contributed by atoms with Gasteiger partial charge in [0.1, 0.15) is 47.8 Å². The number of nitrogens with zero attached hydrogens (tertiary/aromatic N) is 8. The van der Waals surface area contributed by atoms with Gasteiger partial charge in [0.25, 0.3) is 0 Å². The summed E-state index contributed by atoms with van der Waals surface area (Å²) >= 11 is 6.14. The van der Waals surface area contributed by atoms with Crippen molar-refractivity contribution in [1.82, 2.24) is 60.5 Å². The highest BCUT2D eigenvalue weighted by Crippen LogP contribution is 2.37. The summed E-state index contributed by atoms with van der Waals surface area (Å²) in [7, 11) is 8.44. The Morgan fingerprint density at radius 3 is 1.84 bits per heavy atom. The molecule has 554 valence electrons. The fourth-order valence-electron chi connectivity index (χ4n) is 14.6.